The lowest BCUT2D eigenvalue weighted by Gasteiger charge is -2.20. The predicted molar refractivity (Wildman–Crippen MR) is 57.9 cm³/mol. The lowest BCUT2D eigenvalue weighted by Crippen LogP contribution is -2.49. The van der Waals surface area contributed by atoms with E-state index in [2.05, 4.69) is 10.6 Å². The predicted octanol–water partition coefficient (Wildman–Crippen LogP) is -1.70. The number of rotatable bonds is 5. The smallest absolute Gasteiger partial charge is 0.235 e. The average Bonchev–Trinajstić information content (AvgIpc) is 2.00. The summed E-state index contributed by atoms with van der Waals surface area (Å²) in [6, 6.07) is -0.757. The van der Waals surface area contributed by atoms with E-state index in [0.29, 0.717) is 0 Å². The minimum absolute atomic E-state index is 0.123. The topological polar surface area (TPSA) is 110 Å². The van der Waals surface area contributed by atoms with Gasteiger partial charge in [0.05, 0.1) is 12.6 Å². The van der Waals surface area contributed by atoms with Gasteiger partial charge in [-0.2, -0.15) is 0 Å². The molecular weight excluding hydrogens is 196 g/mol. The third-order valence-corrected chi connectivity index (χ3v) is 1.53. The maximum absolute atomic E-state index is 11.3. The molecule has 88 valence electrons. The van der Waals surface area contributed by atoms with Gasteiger partial charge in [0.1, 0.15) is 0 Å². The van der Waals surface area contributed by atoms with Gasteiger partial charge >= 0.3 is 0 Å². The van der Waals surface area contributed by atoms with E-state index in [4.69, 9.17) is 11.5 Å². The zero-order valence-electron chi connectivity index (χ0n) is 9.46. The molecule has 6 N–H and O–H groups in total. The molecule has 0 saturated carbocycles. The second-order valence-corrected chi connectivity index (χ2v) is 4.44. The summed E-state index contributed by atoms with van der Waals surface area (Å²) >= 11 is 0. The second-order valence-electron chi connectivity index (χ2n) is 4.44. The highest BCUT2D eigenvalue weighted by Gasteiger charge is 2.14. The molecule has 6 heteroatoms. The first kappa shape index (κ1) is 13.9. The molecule has 1 atom stereocenters. The monoisotopic (exact) mass is 216 g/mol. The molecule has 0 aromatic rings. The van der Waals surface area contributed by atoms with Crippen molar-refractivity contribution in [1.29, 1.82) is 0 Å². The van der Waals surface area contributed by atoms with E-state index in [1.807, 2.05) is 20.8 Å². The zero-order valence-corrected chi connectivity index (χ0v) is 9.46. The molecule has 0 bridgehead atoms. The van der Waals surface area contributed by atoms with Crippen molar-refractivity contribution in [2.24, 2.45) is 11.5 Å². The number of amides is 2. The van der Waals surface area contributed by atoms with Gasteiger partial charge in [0.25, 0.3) is 0 Å². The van der Waals surface area contributed by atoms with Crippen molar-refractivity contribution >= 4 is 11.8 Å². The van der Waals surface area contributed by atoms with Gasteiger partial charge < -0.3 is 22.1 Å². The lowest BCUT2D eigenvalue weighted by molar-refractivity contribution is -0.122. The first-order valence-electron chi connectivity index (χ1n) is 4.79. The van der Waals surface area contributed by atoms with Crippen LogP contribution in [0.5, 0.6) is 0 Å². The Bertz CT molecular complexity index is 235. The maximum Gasteiger partial charge on any atom is 0.235 e. The average molecular weight is 216 g/mol. The summed E-state index contributed by atoms with van der Waals surface area (Å²) in [5.74, 6) is -0.724. The molecule has 15 heavy (non-hydrogen) atoms. The second kappa shape index (κ2) is 5.67. The molecule has 0 aliphatic carbocycles. The van der Waals surface area contributed by atoms with E-state index in [9.17, 15) is 9.59 Å². The molecule has 0 radical (unpaired) electrons. The van der Waals surface area contributed by atoms with Gasteiger partial charge in [-0.1, -0.05) is 0 Å². The molecule has 2 amide bonds. The van der Waals surface area contributed by atoms with E-state index in [1.165, 1.54) is 0 Å². The quantitative estimate of drug-likeness (QED) is 0.439. The van der Waals surface area contributed by atoms with E-state index in [1.54, 1.807) is 0 Å². The molecule has 0 aromatic carbocycles. The van der Waals surface area contributed by atoms with Crippen LogP contribution >= 0.6 is 0 Å². The van der Waals surface area contributed by atoms with Gasteiger partial charge in [-0.15, -0.1) is 0 Å². The number of nitrogens with one attached hydrogen (secondary N) is 2. The first-order chi connectivity index (χ1) is 6.72. The van der Waals surface area contributed by atoms with E-state index < -0.39 is 11.9 Å². The first-order valence-corrected chi connectivity index (χ1v) is 4.79. The van der Waals surface area contributed by atoms with Crippen molar-refractivity contribution < 1.29 is 9.59 Å². The Kier molecular flexibility index (Phi) is 5.24. The number of carbonyl (C=O) groups is 2. The van der Waals surface area contributed by atoms with E-state index in [-0.39, 0.29) is 24.5 Å². The number of primary amides is 1. The Hall–Kier alpha value is -1.14. The minimum Gasteiger partial charge on any atom is -0.368 e. The van der Waals surface area contributed by atoms with Crippen molar-refractivity contribution in [3.63, 3.8) is 0 Å². The third kappa shape index (κ3) is 7.90. The highest BCUT2D eigenvalue weighted by molar-refractivity contribution is 5.80. The van der Waals surface area contributed by atoms with Gasteiger partial charge in [-0.3, -0.25) is 9.59 Å². The molecule has 0 spiro atoms. The summed E-state index contributed by atoms with van der Waals surface area (Å²) in [5, 5.41) is 5.51. The van der Waals surface area contributed by atoms with Crippen molar-refractivity contribution in [2.45, 2.75) is 32.4 Å². The van der Waals surface area contributed by atoms with Gasteiger partial charge in [-0.05, 0) is 20.8 Å². The van der Waals surface area contributed by atoms with Crippen LogP contribution in [0.2, 0.25) is 0 Å². The summed E-state index contributed by atoms with van der Waals surface area (Å²) in [6.45, 7) is 5.99. The van der Waals surface area contributed by atoms with Crippen LogP contribution in [0.25, 0.3) is 0 Å². The van der Waals surface area contributed by atoms with Gasteiger partial charge in [-0.25, -0.2) is 0 Å². The number of hydrogen-bond donors (Lipinski definition) is 4. The molecule has 6 nitrogen and oxygen atoms in total. The highest BCUT2D eigenvalue weighted by Crippen LogP contribution is 1.96. The van der Waals surface area contributed by atoms with Gasteiger partial charge in [0.2, 0.25) is 11.8 Å². The molecule has 0 aliphatic heterocycles. The van der Waals surface area contributed by atoms with E-state index in [0.717, 1.165) is 0 Å². The maximum atomic E-state index is 11.3. The van der Waals surface area contributed by atoms with Crippen LogP contribution in [0, 0.1) is 0 Å². The molecular formula is C9H20N4O2. The van der Waals surface area contributed by atoms with Crippen molar-refractivity contribution in [2.75, 3.05) is 13.1 Å². The zero-order chi connectivity index (χ0) is 12.1. The fraction of sp³-hybridized carbons (Fsp3) is 0.778. The fourth-order valence-electron chi connectivity index (χ4n) is 0.904. The SMILES string of the molecule is CC(C)(C)NC(=O)CNCC(N)C(N)=O. The molecule has 0 rings (SSSR count). The molecule has 0 aliphatic rings. The lowest BCUT2D eigenvalue weighted by atomic mass is 10.1. The number of nitrogens with two attached hydrogens (primary N) is 2. The van der Waals surface area contributed by atoms with Gasteiger partial charge in [0.15, 0.2) is 0 Å². The number of hydrogen-bond acceptors (Lipinski definition) is 4. The van der Waals surface area contributed by atoms with Crippen molar-refractivity contribution in [3.05, 3.63) is 0 Å². The largest absolute Gasteiger partial charge is 0.368 e. The Balaban J connectivity index is 3.69. The van der Waals surface area contributed by atoms with Crippen LogP contribution < -0.4 is 22.1 Å². The minimum atomic E-state index is -0.757. The molecule has 1 unspecified atom stereocenters. The Morgan fingerprint density at radius 3 is 2.27 bits per heavy atom. The van der Waals surface area contributed by atoms with Crippen LogP contribution in [-0.2, 0) is 9.59 Å². The normalized spacial score (nSPS) is 13.3. The molecule has 0 heterocycles. The number of carbonyl (C=O) groups excluding carboxylic acids is 2. The van der Waals surface area contributed by atoms with Crippen LogP contribution in [0.1, 0.15) is 20.8 Å². The summed E-state index contributed by atoms with van der Waals surface area (Å²) in [7, 11) is 0. The van der Waals surface area contributed by atoms with Crippen LogP contribution in [-0.4, -0.2) is 36.5 Å². The summed E-state index contributed by atoms with van der Waals surface area (Å²) < 4.78 is 0. The van der Waals surface area contributed by atoms with Crippen LogP contribution in [0.15, 0.2) is 0 Å². The highest BCUT2D eigenvalue weighted by atomic mass is 16.2. The summed E-state index contributed by atoms with van der Waals surface area (Å²) in [6.07, 6.45) is 0. The van der Waals surface area contributed by atoms with Gasteiger partial charge in [0, 0.05) is 12.1 Å². The molecule has 0 aromatic heterocycles. The Labute approximate surface area is 89.8 Å². The van der Waals surface area contributed by atoms with Crippen LogP contribution in [0.4, 0.5) is 0 Å². The van der Waals surface area contributed by atoms with Crippen molar-refractivity contribution in [1.82, 2.24) is 10.6 Å². The summed E-state index contributed by atoms with van der Waals surface area (Å²) in [4.78, 5) is 21.8. The Morgan fingerprint density at radius 2 is 1.87 bits per heavy atom. The molecule has 0 saturated heterocycles. The summed E-state index contributed by atoms with van der Waals surface area (Å²) in [5.41, 5.74) is 10.1. The standard InChI is InChI=1S/C9H20N4O2/c1-9(2,3)13-7(14)5-12-4-6(10)8(11)15/h6,12H,4-5,10H2,1-3H3,(H2,11,15)(H,13,14). The Morgan fingerprint density at radius 1 is 1.33 bits per heavy atom. The fourth-order valence-corrected chi connectivity index (χ4v) is 0.904. The third-order valence-electron chi connectivity index (χ3n) is 1.53. The van der Waals surface area contributed by atoms with Crippen LogP contribution in [0.3, 0.4) is 0 Å². The molecule has 0 fully saturated rings. The van der Waals surface area contributed by atoms with Crippen molar-refractivity contribution in [3.8, 4) is 0 Å². The van der Waals surface area contributed by atoms with E-state index >= 15 is 0 Å².